The smallest absolute Gasteiger partial charge is 0.206 e. The number of nitrogens with one attached hydrogen (secondary N) is 1. The lowest BCUT2D eigenvalue weighted by atomic mass is 9.91. The summed E-state index contributed by atoms with van der Waals surface area (Å²) in [6, 6.07) is 13.1. The van der Waals surface area contributed by atoms with Crippen molar-refractivity contribution in [2.24, 2.45) is 0 Å². The molecule has 2 atom stereocenters. The molecule has 0 spiro atoms. The molecule has 138 valence electrons. The Morgan fingerprint density at radius 2 is 1.73 bits per heavy atom. The highest BCUT2D eigenvalue weighted by atomic mass is 32.2. The average molecular weight is 371 g/mol. The predicted molar refractivity (Wildman–Crippen MR) is 105 cm³/mol. The molecular weight excluding hydrogens is 344 g/mol. The number of fused-ring (bicyclic) bond motifs is 3. The quantitative estimate of drug-likeness (QED) is 0.892. The van der Waals surface area contributed by atoms with Gasteiger partial charge in [-0.3, -0.25) is 0 Å². The lowest BCUT2D eigenvalue weighted by Gasteiger charge is -2.17. The molecule has 2 aromatic carbocycles. The molecule has 0 saturated carbocycles. The number of benzene rings is 2. The van der Waals surface area contributed by atoms with Crippen LogP contribution in [-0.4, -0.2) is 39.0 Å². The summed E-state index contributed by atoms with van der Waals surface area (Å²) in [5.74, 6) is 0.398. The van der Waals surface area contributed by atoms with E-state index in [2.05, 4.69) is 17.1 Å². The van der Waals surface area contributed by atoms with Crippen LogP contribution in [0.5, 0.6) is 0 Å². The first-order valence-electron chi connectivity index (χ1n) is 9.43. The molecule has 0 aromatic heterocycles. The second-order valence-corrected chi connectivity index (χ2v) is 9.38. The zero-order valence-electron chi connectivity index (χ0n) is 15.4. The molecule has 26 heavy (non-hydrogen) atoms. The van der Waals surface area contributed by atoms with Gasteiger partial charge in [0.1, 0.15) is 0 Å². The summed E-state index contributed by atoms with van der Waals surface area (Å²) >= 11 is 0. The Labute approximate surface area is 156 Å². The molecular formula is C21H26N2O2S. The first-order valence-corrected chi connectivity index (χ1v) is 10.9. The van der Waals surface area contributed by atoms with E-state index in [9.17, 15) is 8.42 Å². The second-order valence-electron chi connectivity index (χ2n) is 7.43. The van der Waals surface area contributed by atoms with E-state index < -0.39 is 9.84 Å². The summed E-state index contributed by atoms with van der Waals surface area (Å²) in [7, 11) is -3.48. The highest BCUT2D eigenvalue weighted by molar-refractivity contribution is 7.91. The number of sulfone groups is 1. The number of hydrogen-bond donors (Lipinski definition) is 1. The fourth-order valence-electron chi connectivity index (χ4n) is 4.22. The van der Waals surface area contributed by atoms with Crippen molar-refractivity contribution in [1.82, 2.24) is 4.90 Å². The Bertz CT molecular complexity index is 906. The van der Waals surface area contributed by atoms with Gasteiger partial charge in [0, 0.05) is 24.2 Å². The molecule has 1 fully saturated rings. The van der Waals surface area contributed by atoms with Crippen LogP contribution < -0.4 is 5.32 Å². The van der Waals surface area contributed by atoms with Crippen LogP contribution in [0.4, 0.5) is 5.69 Å². The Kier molecular flexibility index (Phi) is 4.53. The largest absolute Gasteiger partial charge is 0.381 e. The van der Waals surface area contributed by atoms with E-state index >= 15 is 0 Å². The first-order chi connectivity index (χ1) is 12.5. The third-order valence-corrected chi connectivity index (χ3v) is 7.62. The van der Waals surface area contributed by atoms with Crippen molar-refractivity contribution in [1.29, 1.82) is 0 Å². The van der Waals surface area contributed by atoms with Gasteiger partial charge in [0.2, 0.25) is 9.84 Å². The molecule has 1 N–H and O–H groups in total. The van der Waals surface area contributed by atoms with E-state index in [1.165, 1.54) is 5.56 Å². The fraction of sp³-hybridized carbons (Fsp3) is 0.429. The summed E-state index contributed by atoms with van der Waals surface area (Å²) in [6.45, 7) is 7.42. The number of rotatable bonds is 3. The molecule has 2 aliphatic heterocycles. The van der Waals surface area contributed by atoms with Crippen LogP contribution in [0.15, 0.2) is 52.3 Å². The Balaban J connectivity index is 1.68. The van der Waals surface area contributed by atoms with Gasteiger partial charge in [-0.1, -0.05) is 24.6 Å². The number of nitrogens with zero attached hydrogens (tertiary/aromatic N) is 1. The Hall–Kier alpha value is -1.85. The van der Waals surface area contributed by atoms with E-state index in [0.29, 0.717) is 21.8 Å². The van der Waals surface area contributed by atoms with Crippen molar-refractivity contribution in [3.8, 4) is 0 Å². The minimum atomic E-state index is -3.48. The number of hydrogen-bond acceptors (Lipinski definition) is 4. The van der Waals surface area contributed by atoms with Gasteiger partial charge in [-0.25, -0.2) is 8.42 Å². The van der Waals surface area contributed by atoms with Crippen LogP contribution in [-0.2, 0) is 9.84 Å². The van der Waals surface area contributed by atoms with E-state index in [1.54, 1.807) is 18.2 Å². The summed E-state index contributed by atoms with van der Waals surface area (Å²) in [6.07, 6.45) is 2.18. The standard InChI is InChI=1S/C21H26N2O2S/c1-3-23-12-10-18-19-14-17(8-9-20(19)22-21(18)11-13-23)26(24,25)16-6-4-15(2)5-7-16/h4-9,14,18,21-22H,3,10-13H2,1-2H3/t18-,21-/m1/s1. The first kappa shape index (κ1) is 17.6. The summed E-state index contributed by atoms with van der Waals surface area (Å²) in [5.41, 5.74) is 3.33. The maximum Gasteiger partial charge on any atom is 0.206 e. The van der Waals surface area contributed by atoms with Gasteiger partial charge in [-0.15, -0.1) is 0 Å². The van der Waals surface area contributed by atoms with E-state index in [4.69, 9.17) is 0 Å². The molecule has 0 radical (unpaired) electrons. The third kappa shape index (κ3) is 3.03. The Morgan fingerprint density at radius 1 is 1.04 bits per heavy atom. The van der Waals surface area contributed by atoms with Crippen LogP contribution in [0.25, 0.3) is 0 Å². The minimum Gasteiger partial charge on any atom is -0.381 e. The molecule has 1 saturated heterocycles. The highest BCUT2D eigenvalue weighted by Gasteiger charge is 2.35. The molecule has 4 rings (SSSR count). The monoisotopic (exact) mass is 370 g/mol. The van der Waals surface area contributed by atoms with Gasteiger partial charge in [-0.05, 0) is 68.8 Å². The zero-order chi connectivity index (χ0) is 18.3. The lowest BCUT2D eigenvalue weighted by molar-refractivity contribution is 0.298. The third-order valence-electron chi connectivity index (χ3n) is 5.85. The van der Waals surface area contributed by atoms with Crippen LogP contribution in [0.1, 0.15) is 36.8 Å². The summed E-state index contributed by atoms with van der Waals surface area (Å²) in [4.78, 5) is 3.25. The van der Waals surface area contributed by atoms with Gasteiger partial charge >= 0.3 is 0 Å². The van der Waals surface area contributed by atoms with Crippen LogP contribution in [0, 0.1) is 6.92 Å². The number of likely N-dealkylation sites (tertiary alicyclic amines) is 1. The van der Waals surface area contributed by atoms with Gasteiger partial charge in [0.15, 0.2) is 0 Å². The van der Waals surface area contributed by atoms with Crippen molar-refractivity contribution < 1.29 is 8.42 Å². The van der Waals surface area contributed by atoms with Gasteiger partial charge in [-0.2, -0.15) is 0 Å². The molecule has 5 heteroatoms. The maximum absolute atomic E-state index is 13.0. The van der Waals surface area contributed by atoms with Gasteiger partial charge in [0.05, 0.1) is 9.79 Å². The average Bonchev–Trinajstić information content (AvgIpc) is 2.86. The molecule has 0 unspecified atom stereocenters. The second kappa shape index (κ2) is 6.71. The van der Waals surface area contributed by atoms with Crippen LogP contribution >= 0.6 is 0 Å². The van der Waals surface area contributed by atoms with Crippen LogP contribution in [0.2, 0.25) is 0 Å². The van der Waals surface area contributed by atoms with Gasteiger partial charge < -0.3 is 10.2 Å². The normalized spacial score (nSPS) is 23.0. The summed E-state index contributed by atoms with van der Waals surface area (Å²) in [5, 5.41) is 3.63. The van der Waals surface area contributed by atoms with Crippen LogP contribution in [0.3, 0.4) is 0 Å². The maximum atomic E-state index is 13.0. The Morgan fingerprint density at radius 3 is 2.46 bits per heavy atom. The highest BCUT2D eigenvalue weighted by Crippen LogP contribution is 2.42. The van der Waals surface area contributed by atoms with Crippen molar-refractivity contribution in [3.05, 3.63) is 53.6 Å². The van der Waals surface area contributed by atoms with Crippen molar-refractivity contribution in [2.45, 2.75) is 48.4 Å². The van der Waals surface area contributed by atoms with Crippen molar-refractivity contribution >= 4 is 15.5 Å². The predicted octanol–water partition coefficient (Wildman–Crippen LogP) is 3.82. The number of aryl methyl sites for hydroxylation is 1. The molecule has 0 amide bonds. The van der Waals surface area contributed by atoms with E-state index in [0.717, 1.165) is 43.7 Å². The van der Waals surface area contributed by atoms with Crippen molar-refractivity contribution in [3.63, 3.8) is 0 Å². The fourth-order valence-corrected chi connectivity index (χ4v) is 5.51. The molecule has 2 heterocycles. The molecule has 2 aliphatic rings. The lowest BCUT2D eigenvalue weighted by Crippen LogP contribution is -2.25. The molecule has 0 bridgehead atoms. The molecule has 2 aromatic rings. The minimum absolute atomic E-state index is 0.364. The number of anilines is 1. The molecule has 0 aliphatic carbocycles. The van der Waals surface area contributed by atoms with E-state index in [1.807, 2.05) is 31.2 Å². The van der Waals surface area contributed by atoms with Crippen molar-refractivity contribution in [2.75, 3.05) is 25.0 Å². The molecule has 4 nitrogen and oxygen atoms in total. The van der Waals surface area contributed by atoms with E-state index in [-0.39, 0.29) is 0 Å². The SMILES string of the molecule is CCN1CC[C@@H]2c3cc(S(=O)(=O)c4ccc(C)cc4)ccc3N[C@@H]2CC1. The zero-order valence-corrected chi connectivity index (χ0v) is 16.2. The van der Waals surface area contributed by atoms with Gasteiger partial charge in [0.25, 0.3) is 0 Å². The topological polar surface area (TPSA) is 49.4 Å². The summed E-state index contributed by atoms with van der Waals surface area (Å²) < 4.78 is 26.1.